The first-order chi connectivity index (χ1) is 12.3. The zero-order chi connectivity index (χ0) is 18.7. The number of nitrogens with one attached hydrogen (secondary N) is 1. The molecule has 0 aliphatic heterocycles. The fourth-order valence-corrected chi connectivity index (χ4v) is 3.97. The van der Waals surface area contributed by atoms with Crippen molar-refractivity contribution in [3.05, 3.63) is 69.8 Å². The molecule has 136 valence electrons. The summed E-state index contributed by atoms with van der Waals surface area (Å²) in [7, 11) is -4.11. The third kappa shape index (κ3) is 4.21. The Morgan fingerprint density at radius 3 is 2.50 bits per heavy atom. The van der Waals surface area contributed by atoms with Crippen molar-refractivity contribution in [2.45, 2.75) is 11.4 Å². The summed E-state index contributed by atoms with van der Waals surface area (Å²) in [5.74, 6) is -1.99. The van der Waals surface area contributed by atoms with E-state index in [-0.39, 0.29) is 18.6 Å². The third-order valence-corrected chi connectivity index (χ3v) is 5.74. The van der Waals surface area contributed by atoms with Gasteiger partial charge in [-0.3, -0.25) is 4.79 Å². The molecule has 1 N–H and O–H groups in total. The number of aromatic nitrogens is 2. The molecule has 0 radical (unpaired) electrons. The molecular formula is C16H13F2N3O3S2. The molecule has 26 heavy (non-hydrogen) atoms. The Morgan fingerprint density at radius 2 is 1.85 bits per heavy atom. The Hall–Kier alpha value is -2.43. The quantitative estimate of drug-likeness (QED) is 0.692. The van der Waals surface area contributed by atoms with Crippen LogP contribution in [0.4, 0.5) is 8.78 Å². The van der Waals surface area contributed by atoms with Crippen molar-refractivity contribution in [2.75, 3.05) is 6.54 Å². The largest absolute Gasteiger partial charge is 0.268 e. The zero-order valence-corrected chi connectivity index (χ0v) is 14.9. The van der Waals surface area contributed by atoms with E-state index in [2.05, 4.69) is 9.82 Å². The number of rotatable bonds is 6. The predicted octanol–water partition coefficient (Wildman–Crippen LogP) is 2.23. The second-order valence-corrected chi connectivity index (χ2v) is 7.97. The van der Waals surface area contributed by atoms with Crippen molar-refractivity contribution < 1.29 is 17.2 Å². The van der Waals surface area contributed by atoms with Crippen molar-refractivity contribution in [2.24, 2.45) is 0 Å². The topological polar surface area (TPSA) is 81.1 Å². The van der Waals surface area contributed by atoms with Gasteiger partial charge in [-0.1, -0.05) is 6.07 Å². The molecule has 0 aliphatic rings. The van der Waals surface area contributed by atoms with E-state index >= 15 is 0 Å². The molecule has 0 spiro atoms. The smallest absolute Gasteiger partial charge is 0.266 e. The number of thiophene rings is 1. The van der Waals surface area contributed by atoms with Gasteiger partial charge in [0.2, 0.25) is 10.0 Å². The van der Waals surface area contributed by atoms with Gasteiger partial charge in [0, 0.05) is 18.7 Å². The fourth-order valence-electron chi connectivity index (χ4n) is 2.22. The number of benzene rings is 1. The van der Waals surface area contributed by atoms with E-state index in [9.17, 15) is 22.0 Å². The standard InChI is InChI=1S/C16H13F2N3O3S2/c17-11-8-12(18)10-13(9-11)26(23,24)19-5-6-21-16(22)4-3-14(20-21)15-2-1-7-25-15/h1-4,7-10,19H,5-6H2. The highest BCUT2D eigenvalue weighted by atomic mass is 32.2. The minimum Gasteiger partial charge on any atom is -0.268 e. The lowest BCUT2D eigenvalue weighted by Gasteiger charge is -2.09. The Bertz CT molecular complexity index is 1060. The molecule has 0 fully saturated rings. The zero-order valence-electron chi connectivity index (χ0n) is 13.2. The SMILES string of the molecule is O=c1ccc(-c2cccs2)nn1CCNS(=O)(=O)c1cc(F)cc(F)c1. The van der Waals surface area contributed by atoms with Crippen LogP contribution in [0.2, 0.25) is 0 Å². The van der Waals surface area contributed by atoms with Crippen LogP contribution in [0.25, 0.3) is 10.6 Å². The highest BCUT2D eigenvalue weighted by Gasteiger charge is 2.16. The average molecular weight is 397 g/mol. The maximum absolute atomic E-state index is 13.2. The molecule has 0 unspecified atom stereocenters. The van der Waals surface area contributed by atoms with Crippen LogP contribution in [0.1, 0.15) is 0 Å². The minimum atomic E-state index is -4.11. The third-order valence-electron chi connectivity index (χ3n) is 3.40. The minimum absolute atomic E-state index is 0.0327. The lowest BCUT2D eigenvalue weighted by atomic mass is 10.3. The Labute approximate surface area is 151 Å². The summed E-state index contributed by atoms with van der Waals surface area (Å²) in [6.45, 7) is -0.198. The fraction of sp³-hybridized carbons (Fsp3) is 0.125. The van der Waals surface area contributed by atoms with Gasteiger partial charge in [-0.2, -0.15) is 5.10 Å². The molecule has 3 rings (SSSR count). The summed E-state index contributed by atoms with van der Waals surface area (Å²) >= 11 is 1.46. The van der Waals surface area contributed by atoms with Gasteiger partial charge in [-0.25, -0.2) is 26.6 Å². The molecular weight excluding hydrogens is 384 g/mol. The second-order valence-electron chi connectivity index (χ2n) is 5.26. The van der Waals surface area contributed by atoms with Crippen LogP contribution in [0.15, 0.2) is 57.5 Å². The molecule has 0 saturated carbocycles. The van der Waals surface area contributed by atoms with Crippen molar-refractivity contribution >= 4 is 21.4 Å². The van der Waals surface area contributed by atoms with E-state index in [0.717, 1.165) is 9.56 Å². The first-order valence-corrected chi connectivity index (χ1v) is 9.79. The van der Waals surface area contributed by atoms with Crippen LogP contribution < -0.4 is 10.3 Å². The van der Waals surface area contributed by atoms with Gasteiger partial charge < -0.3 is 0 Å². The summed E-state index contributed by atoms with van der Waals surface area (Å²) < 4.78 is 53.9. The summed E-state index contributed by atoms with van der Waals surface area (Å²) in [5.41, 5.74) is 0.205. The molecule has 0 saturated heterocycles. The van der Waals surface area contributed by atoms with Crippen LogP contribution in [0.5, 0.6) is 0 Å². The number of nitrogens with zero attached hydrogens (tertiary/aromatic N) is 2. The summed E-state index contributed by atoms with van der Waals surface area (Å²) in [6.07, 6.45) is 0. The Balaban J connectivity index is 1.73. The van der Waals surface area contributed by atoms with Gasteiger partial charge in [0.15, 0.2) is 0 Å². The lowest BCUT2D eigenvalue weighted by Crippen LogP contribution is -2.32. The van der Waals surface area contributed by atoms with E-state index < -0.39 is 26.6 Å². The molecule has 6 nitrogen and oxygen atoms in total. The molecule has 0 aliphatic carbocycles. The van der Waals surface area contributed by atoms with Crippen LogP contribution in [-0.4, -0.2) is 24.7 Å². The van der Waals surface area contributed by atoms with E-state index in [1.165, 1.54) is 17.4 Å². The highest BCUT2D eigenvalue weighted by molar-refractivity contribution is 7.89. The second kappa shape index (κ2) is 7.44. The van der Waals surface area contributed by atoms with Crippen molar-refractivity contribution in [1.29, 1.82) is 0 Å². The van der Waals surface area contributed by atoms with Crippen LogP contribution >= 0.6 is 11.3 Å². The van der Waals surface area contributed by atoms with E-state index in [0.29, 0.717) is 23.9 Å². The predicted molar refractivity (Wildman–Crippen MR) is 93.4 cm³/mol. The molecule has 3 aromatic rings. The molecule has 2 heterocycles. The first kappa shape index (κ1) is 18.4. The van der Waals surface area contributed by atoms with E-state index in [1.807, 2.05) is 17.5 Å². The number of hydrogen-bond donors (Lipinski definition) is 1. The average Bonchev–Trinajstić information content (AvgIpc) is 3.10. The van der Waals surface area contributed by atoms with Gasteiger partial charge in [0.05, 0.1) is 16.3 Å². The van der Waals surface area contributed by atoms with E-state index in [1.54, 1.807) is 6.07 Å². The molecule has 0 amide bonds. The molecule has 0 atom stereocenters. The van der Waals surface area contributed by atoms with Gasteiger partial charge in [0.1, 0.15) is 17.3 Å². The molecule has 0 bridgehead atoms. The van der Waals surface area contributed by atoms with Gasteiger partial charge in [-0.05, 0) is 29.6 Å². The maximum Gasteiger partial charge on any atom is 0.266 e. The molecule has 10 heteroatoms. The Kier molecular flexibility index (Phi) is 5.25. The summed E-state index contributed by atoms with van der Waals surface area (Å²) in [6, 6.07) is 8.65. The Morgan fingerprint density at radius 1 is 1.12 bits per heavy atom. The number of sulfonamides is 1. The highest BCUT2D eigenvalue weighted by Crippen LogP contribution is 2.21. The van der Waals surface area contributed by atoms with Gasteiger partial charge in [0.25, 0.3) is 5.56 Å². The molecule has 1 aromatic carbocycles. The number of halogens is 2. The molecule has 2 aromatic heterocycles. The van der Waals surface area contributed by atoms with Gasteiger partial charge in [-0.15, -0.1) is 11.3 Å². The van der Waals surface area contributed by atoms with Crippen molar-refractivity contribution in [1.82, 2.24) is 14.5 Å². The van der Waals surface area contributed by atoms with Gasteiger partial charge >= 0.3 is 0 Å². The van der Waals surface area contributed by atoms with Crippen molar-refractivity contribution in [3.8, 4) is 10.6 Å². The van der Waals surface area contributed by atoms with Crippen LogP contribution in [0, 0.1) is 11.6 Å². The monoisotopic (exact) mass is 397 g/mol. The van der Waals surface area contributed by atoms with E-state index in [4.69, 9.17) is 0 Å². The first-order valence-electron chi connectivity index (χ1n) is 7.43. The summed E-state index contributed by atoms with van der Waals surface area (Å²) in [4.78, 5) is 12.2. The van der Waals surface area contributed by atoms with Crippen molar-refractivity contribution in [3.63, 3.8) is 0 Å². The summed E-state index contributed by atoms with van der Waals surface area (Å²) in [5, 5.41) is 6.07. The maximum atomic E-state index is 13.2. The van der Waals surface area contributed by atoms with Crippen LogP contribution in [0.3, 0.4) is 0 Å². The normalized spacial score (nSPS) is 11.6. The lowest BCUT2D eigenvalue weighted by molar-refractivity contribution is 0.543. The van der Waals surface area contributed by atoms with Crippen LogP contribution in [-0.2, 0) is 16.6 Å². The number of hydrogen-bond acceptors (Lipinski definition) is 5.